The van der Waals surface area contributed by atoms with Crippen LogP contribution in [0, 0.1) is 0 Å². The molecule has 4 nitrogen and oxygen atoms in total. The molecule has 2 heterocycles. The third-order valence-electron chi connectivity index (χ3n) is 5.79. The predicted molar refractivity (Wildman–Crippen MR) is 136 cm³/mol. The molecule has 0 saturated carbocycles. The summed E-state index contributed by atoms with van der Waals surface area (Å²) < 4.78 is 50.6. The molecule has 0 aliphatic heterocycles. The van der Waals surface area contributed by atoms with Crippen molar-refractivity contribution in [2.75, 3.05) is 12.5 Å². The number of benzene rings is 4. The molecule has 8 heteroatoms. The average Bonchev–Trinajstić information content (AvgIpc) is 3.33. The lowest BCUT2D eigenvalue weighted by Gasteiger charge is -2.08. The standard InChI is InChI=1S/C24H16O4S4/c1-31(25,26)23-11-15-7-19-13(9-21(15)29-23)3-5-18-17(19)6-4-14-10-22-16(8-20(14)18)12-24(30-22)32(2,27)28/h3-12H,1-2H3. The third kappa shape index (κ3) is 3.05. The van der Waals surface area contributed by atoms with E-state index in [1.54, 1.807) is 12.1 Å². The summed E-state index contributed by atoms with van der Waals surface area (Å²) in [5.41, 5.74) is 0. The molecule has 2 aromatic heterocycles. The molecule has 0 atom stereocenters. The van der Waals surface area contributed by atoms with E-state index in [2.05, 4.69) is 36.4 Å². The van der Waals surface area contributed by atoms with Crippen LogP contribution in [0.5, 0.6) is 0 Å². The molecule has 4 aromatic carbocycles. The van der Waals surface area contributed by atoms with Gasteiger partial charge < -0.3 is 0 Å². The molecule has 0 saturated heterocycles. The average molecular weight is 497 g/mol. The lowest BCUT2D eigenvalue weighted by molar-refractivity contribution is 0.602. The minimum atomic E-state index is -3.25. The second-order valence-electron chi connectivity index (χ2n) is 8.12. The maximum atomic E-state index is 12.0. The van der Waals surface area contributed by atoms with Gasteiger partial charge in [0.25, 0.3) is 0 Å². The van der Waals surface area contributed by atoms with Gasteiger partial charge in [-0.05, 0) is 79.5 Å². The zero-order valence-electron chi connectivity index (χ0n) is 17.0. The van der Waals surface area contributed by atoms with E-state index < -0.39 is 19.7 Å². The minimum absolute atomic E-state index is 0.374. The van der Waals surface area contributed by atoms with E-state index >= 15 is 0 Å². The molecule has 32 heavy (non-hydrogen) atoms. The van der Waals surface area contributed by atoms with Crippen molar-refractivity contribution >= 4 is 94.8 Å². The SMILES string of the molecule is CS(=O)(=O)c1cc2cc3c(ccc4c5cc6cc(S(C)(=O)=O)sc6cc5ccc34)cc2s1. The largest absolute Gasteiger partial charge is 0.223 e. The summed E-state index contributed by atoms with van der Waals surface area (Å²) in [6.07, 6.45) is 2.47. The molecule has 0 fully saturated rings. The van der Waals surface area contributed by atoms with Crippen LogP contribution < -0.4 is 0 Å². The van der Waals surface area contributed by atoms with Crippen LogP contribution in [-0.2, 0) is 19.7 Å². The Labute approximate surface area is 192 Å². The third-order valence-corrected chi connectivity index (χ3v) is 11.6. The highest BCUT2D eigenvalue weighted by molar-refractivity contribution is 7.93. The number of hydrogen-bond acceptors (Lipinski definition) is 6. The van der Waals surface area contributed by atoms with Crippen LogP contribution in [0.15, 0.2) is 69.1 Å². The summed E-state index contributed by atoms with van der Waals surface area (Å²) in [4.78, 5) is 0. The van der Waals surface area contributed by atoms with E-state index in [9.17, 15) is 16.8 Å². The van der Waals surface area contributed by atoms with E-state index in [4.69, 9.17) is 0 Å². The molecule has 0 spiro atoms. The topological polar surface area (TPSA) is 68.3 Å². The summed E-state index contributed by atoms with van der Waals surface area (Å²) >= 11 is 2.59. The summed E-state index contributed by atoms with van der Waals surface area (Å²) in [5, 5.41) is 8.26. The molecule has 0 aliphatic carbocycles. The predicted octanol–water partition coefficient (Wildman–Crippen LogP) is 6.38. The van der Waals surface area contributed by atoms with Gasteiger partial charge in [-0.1, -0.05) is 24.3 Å². The Hall–Kier alpha value is -2.52. The number of rotatable bonds is 2. The van der Waals surface area contributed by atoms with Crippen LogP contribution in [0.25, 0.3) is 52.5 Å². The highest BCUT2D eigenvalue weighted by Gasteiger charge is 2.15. The molecule has 0 radical (unpaired) electrons. The molecule has 0 aliphatic rings. The Morgan fingerprint density at radius 3 is 1.28 bits per heavy atom. The van der Waals surface area contributed by atoms with Gasteiger partial charge in [0.2, 0.25) is 0 Å². The highest BCUT2D eigenvalue weighted by Crippen LogP contribution is 2.39. The van der Waals surface area contributed by atoms with Crippen LogP contribution in [0.2, 0.25) is 0 Å². The van der Waals surface area contributed by atoms with Crippen LogP contribution >= 0.6 is 22.7 Å². The van der Waals surface area contributed by atoms with Crippen LogP contribution in [0.1, 0.15) is 0 Å². The minimum Gasteiger partial charge on any atom is -0.223 e. The molecule has 0 bridgehead atoms. The van der Waals surface area contributed by atoms with E-state index in [1.807, 2.05) is 12.1 Å². The lowest BCUT2D eigenvalue weighted by Crippen LogP contribution is -1.91. The first-order valence-electron chi connectivity index (χ1n) is 9.74. The van der Waals surface area contributed by atoms with Crippen molar-refractivity contribution in [3.05, 3.63) is 60.7 Å². The van der Waals surface area contributed by atoms with E-state index in [0.29, 0.717) is 8.42 Å². The number of hydrogen-bond donors (Lipinski definition) is 0. The first kappa shape index (κ1) is 20.1. The van der Waals surface area contributed by atoms with Crippen molar-refractivity contribution in [3.8, 4) is 0 Å². The Balaban J connectivity index is 1.67. The summed E-state index contributed by atoms with van der Waals surface area (Å²) in [6.45, 7) is 0. The molecule has 6 aromatic rings. The van der Waals surface area contributed by atoms with Crippen molar-refractivity contribution in [1.29, 1.82) is 0 Å². The van der Waals surface area contributed by atoms with Gasteiger partial charge in [0.1, 0.15) is 8.42 Å². The van der Waals surface area contributed by atoms with E-state index in [0.717, 1.165) is 52.5 Å². The van der Waals surface area contributed by atoms with Crippen LogP contribution in [0.3, 0.4) is 0 Å². The molecule has 0 N–H and O–H groups in total. The van der Waals surface area contributed by atoms with Gasteiger partial charge in [0, 0.05) is 21.9 Å². The second-order valence-corrected chi connectivity index (χ2v) is 14.8. The molecular weight excluding hydrogens is 481 g/mol. The van der Waals surface area contributed by atoms with Gasteiger partial charge in [-0.15, -0.1) is 22.7 Å². The fourth-order valence-electron chi connectivity index (χ4n) is 4.26. The fraction of sp³-hybridized carbons (Fsp3) is 0.0833. The van der Waals surface area contributed by atoms with Gasteiger partial charge in [-0.25, -0.2) is 16.8 Å². The van der Waals surface area contributed by atoms with Crippen molar-refractivity contribution in [3.63, 3.8) is 0 Å². The maximum Gasteiger partial charge on any atom is 0.184 e. The number of fused-ring (bicyclic) bond motifs is 7. The Morgan fingerprint density at radius 2 is 0.906 bits per heavy atom. The maximum absolute atomic E-state index is 12.0. The Kier molecular flexibility index (Phi) is 4.09. The first-order valence-corrected chi connectivity index (χ1v) is 15.2. The molecular formula is C24H16O4S4. The van der Waals surface area contributed by atoms with Gasteiger partial charge in [0.05, 0.1) is 0 Å². The zero-order valence-corrected chi connectivity index (χ0v) is 20.3. The normalized spacial score (nSPS) is 13.2. The number of sulfone groups is 2. The molecule has 160 valence electrons. The monoisotopic (exact) mass is 496 g/mol. The van der Waals surface area contributed by atoms with Gasteiger partial charge >= 0.3 is 0 Å². The number of thiophene rings is 2. The zero-order chi connectivity index (χ0) is 22.4. The van der Waals surface area contributed by atoms with Crippen molar-refractivity contribution < 1.29 is 16.8 Å². The lowest BCUT2D eigenvalue weighted by atomic mass is 9.96. The van der Waals surface area contributed by atoms with Crippen LogP contribution in [0.4, 0.5) is 0 Å². The molecule has 0 amide bonds. The Bertz CT molecular complexity index is 1830. The fourth-order valence-corrected chi connectivity index (χ4v) is 8.34. The summed E-state index contributed by atoms with van der Waals surface area (Å²) in [7, 11) is -6.50. The van der Waals surface area contributed by atoms with Gasteiger partial charge in [0.15, 0.2) is 19.7 Å². The van der Waals surface area contributed by atoms with E-state index in [1.165, 1.54) is 35.2 Å². The highest BCUT2D eigenvalue weighted by atomic mass is 32.2. The van der Waals surface area contributed by atoms with Gasteiger partial charge in [-0.2, -0.15) is 0 Å². The van der Waals surface area contributed by atoms with E-state index in [-0.39, 0.29) is 0 Å². The van der Waals surface area contributed by atoms with Crippen molar-refractivity contribution in [1.82, 2.24) is 0 Å². The summed E-state index contributed by atoms with van der Waals surface area (Å²) in [5.74, 6) is 0. The molecule has 0 unspecified atom stereocenters. The Morgan fingerprint density at radius 1 is 0.500 bits per heavy atom. The van der Waals surface area contributed by atoms with Crippen molar-refractivity contribution in [2.45, 2.75) is 8.42 Å². The molecule has 6 rings (SSSR count). The smallest absolute Gasteiger partial charge is 0.184 e. The first-order chi connectivity index (χ1) is 15.1. The summed E-state index contributed by atoms with van der Waals surface area (Å²) in [6, 6.07) is 20.0. The van der Waals surface area contributed by atoms with Crippen LogP contribution in [-0.4, -0.2) is 29.3 Å². The second kappa shape index (κ2) is 6.51. The quantitative estimate of drug-likeness (QED) is 0.261. The van der Waals surface area contributed by atoms with Crippen molar-refractivity contribution in [2.24, 2.45) is 0 Å². The van der Waals surface area contributed by atoms with Gasteiger partial charge in [-0.3, -0.25) is 0 Å².